The Kier molecular flexibility index (Phi) is 2.84. The highest BCUT2D eigenvalue weighted by Crippen LogP contribution is 2.21. The average Bonchev–Trinajstić information content (AvgIpc) is 2.74. The number of rotatable bonds is 2. The van der Waals surface area contributed by atoms with Crippen LogP contribution in [0.5, 0.6) is 0 Å². The summed E-state index contributed by atoms with van der Waals surface area (Å²) in [6.07, 6.45) is 0. The first-order valence-corrected chi connectivity index (χ1v) is 5.83. The number of nitrogens with two attached hydrogens (primary N) is 1. The maximum absolute atomic E-state index is 6.12. The average molecular weight is 218 g/mol. The normalized spacial score (nSPS) is 12.7. The molecule has 0 bridgehead atoms. The van der Waals surface area contributed by atoms with Crippen molar-refractivity contribution in [1.29, 1.82) is 0 Å². The van der Waals surface area contributed by atoms with Gasteiger partial charge in [-0.2, -0.15) is 0 Å². The summed E-state index contributed by atoms with van der Waals surface area (Å²) in [6, 6.07) is 6.22. The van der Waals surface area contributed by atoms with Crippen LogP contribution in [-0.2, 0) is 0 Å². The van der Waals surface area contributed by atoms with Crippen molar-refractivity contribution in [2.75, 3.05) is 0 Å². The molecule has 1 aromatic carbocycles. The molecule has 0 radical (unpaired) electrons. The molecule has 3 heteroatoms. The molecule has 78 valence electrons. The van der Waals surface area contributed by atoms with Crippen molar-refractivity contribution in [3.8, 4) is 0 Å². The molecule has 0 amide bonds. The molecule has 1 unspecified atom stereocenters. The Morgan fingerprint density at radius 3 is 2.67 bits per heavy atom. The highest BCUT2D eigenvalue weighted by Gasteiger charge is 2.10. The Balaban J connectivity index is 2.34. The molecule has 15 heavy (non-hydrogen) atoms. The van der Waals surface area contributed by atoms with Gasteiger partial charge in [0.2, 0.25) is 0 Å². The van der Waals surface area contributed by atoms with Crippen LogP contribution in [-0.4, -0.2) is 4.98 Å². The Labute approximate surface area is 93.8 Å². The monoisotopic (exact) mass is 218 g/mol. The van der Waals surface area contributed by atoms with Crippen molar-refractivity contribution >= 4 is 11.3 Å². The van der Waals surface area contributed by atoms with Crippen LogP contribution in [0.3, 0.4) is 0 Å². The SMILES string of the molecule is Cc1ccc(C(N)c2cscn2)cc1C. The molecule has 2 N–H and O–H groups in total. The van der Waals surface area contributed by atoms with Gasteiger partial charge in [-0.05, 0) is 30.5 Å². The predicted octanol–water partition coefficient (Wildman–Crippen LogP) is 2.81. The van der Waals surface area contributed by atoms with Gasteiger partial charge in [0.15, 0.2) is 0 Å². The Morgan fingerprint density at radius 2 is 2.07 bits per heavy atom. The van der Waals surface area contributed by atoms with E-state index in [9.17, 15) is 0 Å². The quantitative estimate of drug-likeness (QED) is 0.841. The van der Waals surface area contributed by atoms with Crippen LogP contribution in [0.1, 0.15) is 28.4 Å². The zero-order valence-electron chi connectivity index (χ0n) is 8.90. The molecule has 0 saturated carbocycles. The van der Waals surface area contributed by atoms with Crippen molar-refractivity contribution in [1.82, 2.24) is 4.98 Å². The number of aryl methyl sites for hydroxylation is 2. The fourth-order valence-electron chi connectivity index (χ4n) is 1.50. The molecule has 1 aromatic heterocycles. The van der Waals surface area contributed by atoms with Crippen molar-refractivity contribution in [2.45, 2.75) is 19.9 Å². The summed E-state index contributed by atoms with van der Waals surface area (Å²) in [7, 11) is 0. The summed E-state index contributed by atoms with van der Waals surface area (Å²) in [5, 5.41) is 2.00. The van der Waals surface area contributed by atoms with Gasteiger partial charge in [0, 0.05) is 5.38 Å². The molecular formula is C12H14N2S. The van der Waals surface area contributed by atoms with E-state index in [1.165, 1.54) is 11.1 Å². The van der Waals surface area contributed by atoms with E-state index in [1.807, 2.05) is 10.9 Å². The summed E-state index contributed by atoms with van der Waals surface area (Å²) in [4.78, 5) is 4.24. The second kappa shape index (κ2) is 4.13. The summed E-state index contributed by atoms with van der Waals surface area (Å²) >= 11 is 1.58. The highest BCUT2D eigenvalue weighted by molar-refractivity contribution is 7.07. The number of hydrogen-bond acceptors (Lipinski definition) is 3. The van der Waals surface area contributed by atoms with E-state index < -0.39 is 0 Å². The van der Waals surface area contributed by atoms with E-state index in [0.29, 0.717) is 0 Å². The second-order valence-corrected chi connectivity index (χ2v) is 4.45. The smallest absolute Gasteiger partial charge is 0.0795 e. The number of hydrogen-bond donors (Lipinski definition) is 1. The van der Waals surface area contributed by atoms with Crippen molar-refractivity contribution in [3.05, 3.63) is 51.5 Å². The fourth-order valence-corrected chi connectivity index (χ4v) is 2.09. The van der Waals surface area contributed by atoms with E-state index >= 15 is 0 Å². The van der Waals surface area contributed by atoms with Crippen LogP contribution in [0.25, 0.3) is 0 Å². The maximum Gasteiger partial charge on any atom is 0.0795 e. The van der Waals surface area contributed by atoms with Gasteiger partial charge < -0.3 is 5.73 Å². The van der Waals surface area contributed by atoms with Crippen LogP contribution in [0.4, 0.5) is 0 Å². The molecule has 0 aliphatic rings. The lowest BCUT2D eigenvalue weighted by Gasteiger charge is -2.11. The minimum atomic E-state index is -0.101. The minimum absolute atomic E-state index is 0.101. The van der Waals surface area contributed by atoms with Crippen LogP contribution in [0.2, 0.25) is 0 Å². The largest absolute Gasteiger partial charge is 0.319 e. The summed E-state index contributed by atoms with van der Waals surface area (Å²) in [5.41, 5.74) is 12.6. The summed E-state index contributed by atoms with van der Waals surface area (Å²) in [6.45, 7) is 4.21. The molecule has 2 rings (SSSR count). The van der Waals surface area contributed by atoms with Gasteiger partial charge in [-0.25, -0.2) is 4.98 Å². The van der Waals surface area contributed by atoms with Crippen LogP contribution < -0.4 is 5.73 Å². The van der Waals surface area contributed by atoms with Gasteiger partial charge >= 0.3 is 0 Å². The Morgan fingerprint density at radius 1 is 1.27 bits per heavy atom. The van der Waals surface area contributed by atoms with Crippen molar-refractivity contribution < 1.29 is 0 Å². The zero-order chi connectivity index (χ0) is 10.8. The molecule has 0 aliphatic heterocycles. The van der Waals surface area contributed by atoms with Crippen LogP contribution in [0.15, 0.2) is 29.1 Å². The Bertz CT molecular complexity index is 449. The van der Waals surface area contributed by atoms with E-state index in [1.54, 1.807) is 11.3 Å². The lowest BCUT2D eigenvalue weighted by atomic mass is 10.0. The standard InChI is InChI=1S/C12H14N2S/c1-8-3-4-10(5-9(8)2)12(13)11-6-15-7-14-11/h3-7,12H,13H2,1-2H3. The number of benzene rings is 1. The molecule has 1 atom stereocenters. The molecule has 0 spiro atoms. The number of thiazole rings is 1. The molecule has 1 heterocycles. The van der Waals surface area contributed by atoms with Gasteiger partial charge in [0.1, 0.15) is 0 Å². The molecule has 2 aromatic rings. The van der Waals surface area contributed by atoms with E-state index in [4.69, 9.17) is 5.73 Å². The first-order chi connectivity index (χ1) is 7.18. The lowest BCUT2D eigenvalue weighted by molar-refractivity contribution is 0.837. The first-order valence-electron chi connectivity index (χ1n) is 4.89. The number of aromatic nitrogens is 1. The highest BCUT2D eigenvalue weighted by atomic mass is 32.1. The van der Waals surface area contributed by atoms with Gasteiger partial charge in [-0.15, -0.1) is 11.3 Å². The third kappa shape index (κ3) is 2.08. The first kappa shape index (κ1) is 10.3. The van der Waals surface area contributed by atoms with Gasteiger partial charge in [0.25, 0.3) is 0 Å². The zero-order valence-corrected chi connectivity index (χ0v) is 9.71. The van der Waals surface area contributed by atoms with Gasteiger partial charge in [-0.1, -0.05) is 18.2 Å². The summed E-state index contributed by atoms with van der Waals surface area (Å²) in [5.74, 6) is 0. The number of nitrogens with zero attached hydrogens (tertiary/aromatic N) is 1. The lowest BCUT2D eigenvalue weighted by Crippen LogP contribution is -2.12. The van der Waals surface area contributed by atoms with Crippen molar-refractivity contribution in [2.24, 2.45) is 5.73 Å². The fraction of sp³-hybridized carbons (Fsp3) is 0.250. The molecule has 0 aliphatic carbocycles. The third-order valence-electron chi connectivity index (χ3n) is 2.66. The second-order valence-electron chi connectivity index (χ2n) is 3.73. The topological polar surface area (TPSA) is 38.9 Å². The van der Waals surface area contributed by atoms with Gasteiger partial charge in [0.05, 0.1) is 17.2 Å². The van der Waals surface area contributed by atoms with Crippen LogP contribution in [0, 0.1) is 13.8 Å². The minimum Gasteiger partial charge on any atom is -0.319 e. The summed E-state index contributed by atoms with van der Waals surface area (Å²) < 4.78 is 0. The Hall–Kier alpha value is -1.19. The van der Waals surface area contributed by atoms with E-state index in [-0.39, 0.29) is 6.04 Å². The predicted molar refractivity (Wildman–Crippen MR) is 64.1 cm³/mol. The molecular weight excluding hydrogens is 204 g/mol. The molecule has 2 nitrogen and oxygen atoms in total. The van der Waals surface area contributed by atoms with E-state index in [2.05, 4.69) is 37.0 Å². The molecule has 0 saturated heterocycles. The third-order valence-corrected chi connectivity index (χ3v) is 3.26. The van der Waals surface area contributed by atoms with Crippen molar-refractivity contribution in [3.63, 3.8) is 0 Å². The van der Waals surface area contributed by atoms with Gasteiger partial charge in [-0.3, -0.25) is 0 Å². The van der Waals surface area contributed by atoms with Crippen LogP contribution >= 0.6 is 11.3 Å². The molecule has 0 fully saturated rings. The van der Waals surface area contributed by atoms with E-state index in [0.717, 1.165) is 11.3 Å². The maximum atomic E-state index is 6.12.